The van der Waals surface area contributed by atoms with Crippen LogP contribution in [-0.2, 0) is 0 Å². The highest BCUT2D eigenvalue weighted by molar-refractivity contribution is 9.10. The summed E-state index contributed by atoms with van der Waals surface area (Å²) in [6.45, 7) is 2.13. The van der Waals surface area contributed by atoms with Crippen molar-refractivity contribution in [1.29, 1.82) is 0 Å². The average Bonchev–Trinajstić information content (AvgIpc) is 2.28. The van der Waals surface area contributed by atoms with Gasteiger partial charge in [-0.05, 0) is 15.9 Å². The molecule has 0 bridgehead atoms. The summed E-state index contributed by atoms with van der Waals surface area (Å²) in [5.74, 6) is -1.08. The van der Waals surface area contributed by atoms with Crippen LogP contribution in [0.2, 0.25) is 0 Å². The van der Waals surface area contributed by atoms with E-state index >= 15 is 0 Å². The lowest BCUT2D eigenvalue weighted by molar-refractivity contribution is 0.0667. The van der Waals surface area contributed by atoms with Gasteiger partial charge in [-0.1, -0.05) is 0 Å². The van der Waals surface area contributed by atoms with E-state index in [9.17, 15) is 13.2 Å². The SMILES string of the molecule is FCC1CN(CCOc2cc(F)c(Br)c(F)c2)C1. The molecular formula is C12H13BrF3NO. The first-order chi connectivity index (χ1) is 8.60. The lowest BCUT2D eigenvalue weighted by Gasteiger charge is -2.37. The highest BCUT2D eigenvalue weighted by atomic mass is 79.9. The zero-order chi connectivity index (χ0) is 13.1. The predicted octanol–water partition coefficient (Wildman–Crippen LogP) is 3.01. The largest absolute Gasteiger partial charge is 0.492 e. The third kappa shape index (κ3) is 3.17. The molecule has 1 saturated heterocycles. The van der Waals surface area contributed by atoms with Crippen LogP contribution in [0.3, 0.4) is 0 Å². The lowest BCUT2D eigenvalue weighted by Crippen LogP contribution is -2.49. The van der Waals surface area contributed by atoms with Gasteiger partial charge in [0.2, 0.25) is 0 Å². The smallest absolute Gasteiger partial charge is 0.144 e. The number of likely N-dealkylation sites (tertiary alicyclic amines) is 1. The third-order valence-corrected chi connectivity index (χ3v) is 3.64. The van der Waals surface area contributed by atoms with Crippen LogP contribution in [0.15, 0.2) is 16.6 Å². The van der Waals surface area contributed by atoms with Gasteiger partial charge in [-0.2, -0.15) is 0 Å². The molecule has 0 N–H and O–H groups in total. The molecule has 0 saturated carbocycles. The van der Waals surface area contributed by atoms with Crippen molar-refractivity contribution in [3.63, 3.8) is 0 Å². The molecule has 0 radical (unpaired) electrons. The van der Waals surface area contributed by atoms with Gasteiger partial charge in [-0.15, -0.1) is 0 Å². The van der Waals surface area contributed by atoms with Crippen molar-refractivity contribution in [2.24, 2.45) is 5.92 Å². The maximum atomic E-state index is 13.2. The Morgan fingerprint density at radius 2 is 1.89 bits per heavy atom. The van der Waals surface area contributed by atoms with Crippen molar-refractivity contribution >= 4 is 15.9 Å². The number of rotatable bonds is 5. The van der Waals surface area contributed by atoms with E-state index in [1.807, 2.05) is 4.90 Å². The molecule has 1 aromatic rings. The minimum Gasteiger partial charge on any atom is -0.492 e. The molecule has 18 heavy (non-hydrogen) atoms. The van der Waals surface area contributed by atoms with Gasteiger partial charge in [0.15, 0.2) is 0 Å². The van der Waals surface area contributed by atoms with Gasteiger partial charge >= 0.3 is 0 Å². The van der Waals surface area contributed by atoms with Crippen LogP contribution in [0, 0.1) is 17.6 Å². The number of ether oxygens (including phenoxy) is 1. The van der Waals surface area contributed by atoms with E-state index in [0.29, 0.717) is 13.2 Å². The Kier molecular flexibility index (Phi) is 4.50. The summed E-state index contributed by atoms with van der Waals surface area (Å²) in [6, 6.07) is 2.27. The number of halogens is 4. The quantitative estimate of drug-likeness (QED) is 0.772. The maximum absolute atomic E-state index is 13.2. The fourth-order valence-electron chi connectivity index (χ4n) is 1.87. The van der Waals surface area contributed by atoms with Gasteiger partial charge in [0, 0.05) is 37.7 Å². The van der Waals surface area contributed by atoms with Crippen molar-refractivity contribution in [3.8, 4) is 5.75 Å². The van der Waals surface area contributed by atoms with E-state index in [1.54, 1.807) is 0 Å². The molecular weight excluding hydrogens is 311 g/mol. The fraction of sp³-hybridized carbons (Fsp3) is 0.500. The summed E-state index contributed by atoms with van der Waals surface area (Å²) >= 11 is 2.79. The summed E-state index contributed by atoms with van der Waals surface area (Å²) in [4.78, 5) is 2.04. The molecule has 0 aromatic heterocycles. The second-order valence-corrected chi connectivity index (χ2v) is 5.12. The Labute approximate surface area is 112 Å². The van der Waals surface area contributed by atoms with Crippen molar-refractivity contribution in [3.05, 3.63) is 28.2 Å². The summed E-state index contributed by atoms with van der Waals surface area (Å²) in [5, 5.41) is 0. The molecule has 2 rings (SSSR count). The number of alkyl halides is 1. The van der Waals surface area contributed by atoms with E-state index < -0.39 is 11.6 Å². The van der Waals surface area contributed by atoms with E-state index in [2.05, 4.69) is 15.9 Å². The molecule has 1 aromatic carbocycles. The molecule has 0 amide bonds. The Morgan fingerprint density at radius 3 is 2.44 bits per heavy atom. The number of hydrogen-bond donors (Lipinski definition) is 0. The van der Waals surface area contributed by atoms with Gasteiger partial charge in [0.05, 0.1) is 11.1 Å². The highest BCUT2D eigenvalue weighted by Gasteiger charge is 2.25. The van der Waals surface area contributed by atoms with Crippen LogP contribution in [0.25, 0.3) is 0 Å². The van der Waals surface area contributed by atoms with Crippen LogP contribution in [0.5, 0.6) is 5.75 Å². The third-order valence-electron chi connectivity index (χ3n) is 2.88. The van der Waals surface area contributed by atoms with E-state index in [4.69, 9.17) is 4.74 Å². The van der Waals surface area contributed by atoms with Crippen LogP contribution in [0.1, 0.15) is 0 Å². The van der Waals surface area contributed by atoms with Crippen LogP contribution < -0.4 is 4.74 Å². The Bertz CT molecular complexity index is 401. The molecule has 0 atom stereocenters. The summed E-state index contributed by atoms with van der Waals surface area (Å²) in [6.07, 6.45) is 0. The molecule has 1 aliphatic heterocycles. The first kappa shape index (κ1) is 13.7. The minimum absolute atomic E-state index is 0.132. The van der Waals surface area contributed by atoms with Crippen LogP contribution in [0.4, 0.5) is 13.2 Å². The average molecular weight is 324 g/mol. The topological polar surface area (TPSA) is 12.5 Å². The van der Waals surface area contributed by atoms with Gasteiger partial charge in [-0.3, -0.25) is 9.29 Å². The van der Waals surface area contributed by atoms with Crippen molar-refractivity contribution in [2.45, 2.75) is 0 Å². The van der Waals surface area contributed by atoms with E-state index in [1.165, 1.54) is 0 Å². The van der Waals surface area contributed by atoms with E-state index in [0.717, 1.165) is 25.2 Å². The Hall–Kier alpha value is -0.750. The monoisotopic (exact) mass is 323 g/mol. The van der Waals surface area contributed by atoms with Gasteiger partial charge in [-0.25, -0.2) is 8.78 Å². The molecule has 1 fully saturated rings. The summed E-state index contributed by atoms with van der Waals surface area (Å²) in [5.41, 5.74) is 0. The van der Waals surface area contributed by atoms with Crippen molar-refractivity contribution < 1.29 is 17.9 Å². The van der Waals surface area contributed by atoms with Gasteiger partial charge < -0.3 is 4.74 Å². The normalized spacial score (nSPS) is 16.7. The molecule has 0 unspecified atom stereocenters. The van der Waals surface area contributed by atoms with Crippen LogP contribution >= 0.6 is 15.9 Å². The predicted molar refractivity (Wildman–Crippen MR) is 65.5 cm³/mol. The zero-order valence-electron chi connectivity index (χ0n) is 9.63. The minimum atomic E-state index is -0.688. The van der Waals surface area contributed by atoms with Gasteiger partial charge in [0.1, 0.15) is 24.0 Å². The van der Waals surface area contributed by atoms with Gasteiger partial charge in [0.25, 0.3) is 0 Å². The number of nitrogens with zero attached hydrogens (tertiary/aromatic N) is 1. The lowest BCUT2D eigenvalue weighted by atomic mass is 10.0. The zero-order valence-corrected chi connectivity index (χ0v) is 11.2. The van der Waals surface area contributed by atoms with Crippen LogP contribution in [-0.4, -0.2) is 37.8 Å². The summed E-state index contributed by atoms with van der Waals surface area (Å²) in [7, 11) is 0. The fourth-order valence-corrected chi connectivity index (χ4v) is 2.09. The highest BCUT2D eigenvalue weighted by Crippen LogP contribution is 2.25. The van der Waals surface area contributed by atoms with E-state index in [-0.39, 0.29) is 22.8 Å². The molecule has 1 aliphatic rings. The standard InChI is InChI=1S/C12H13BrF3NO/c13-12-10(15)3-9(4-11(12)16)18-2-1-17-6-8(5-14)7-17/h3-4,8H,1-2,5-7H2. The molecule has 0 aliphatic carbocycles. The Morgan fingerprint density at radius 1 is 1.28 bits per heavy atom. The Balaban J connectivity index is 1.77. The first-order valence-corrected chi connectivity index (χ1v) is 6.45. The molecule has 1 heterocycles. The first-order valence-electron chi connectivity index (χ1n) is 5.66. The van der Waals surface area contributed by atoms with Crippen molar-refractivity contribution in [2.75, 3.05) is 32.9 Å². The molecule has 100 valence electrons. The molecule has 6 heteroatoms. The molecule has 0 spiro atoms. The second-order valence-electron chi connectivity index (χ2n) is 4.33. The number of benzene rings is 1. The second kappa shape index (κ2) is 5.93. The molecule has 2 nitrogen and oxygen atoms in total. The maximum Gasteiger partial charge on any atom is 0.144 e. The van der Waals surface area contributed by atoms with Crippen molar-refractivity contribution in [1.82, 2.24) is 4.90 Å². The summed E-state index contributed by atoms with van der Waals surface area (Å²) < 4.78 is 43.6. The number of hydrogen-bond acceptors (Lipinski definition) is 2.